The molecule has 1 saturated carbocycles. The minimum absolute atomic E-state index is 0.0373. The lowest BCUT2D eigenvalue weighted by Crippen LogP contribution is -2.52. The van der Waals surface area contributed by atoms with Crippen LogP contribution < -0.4 is 10.6 Å². The molecule has 1 atom stereocenters. The fraction of sp³-hybridized carbons (Fsp3) is 0.867. The second kappa shape index (κ2) is 7.62. The highest BCUT2D eigenvalue weighted by Crippen LogP contribution is 2.35. The summed E-state index contributed by atoms with van der Waals surface area (Å²) in [6.45, 7) is 5.83. The SMILES string of the molecule is CC(=O)NC(C(=O)NCC1(CO)CCCCC1)C(C)C. The molecule has 5 nitrogen and oxygen atoms in total. The van der Waals surface area contributed by atoms with Gasteiger partial charge in [0.2, 0.25) is 11.8 Å². The molecular formula is C15H28N2O3. The van der Waals surface area contributed by atoms with Crippen LogP contribution >= 0.6 is 0 Å². The maximum Gasteiger partial charge on any atom is 0.242 e. The van der Waals surface area contributed by atoms with Crippen molar-refractivity contribution in [2.24, 2.45) is 11.3 Å². The average Bonchev–Trinajstić information content (AvgIpc) is 2.42. The van der Waals surface area contributed by atoms with Crippen LogP contribution in [0.4, 0.5) is 0 Å². The highest BCUT2D eigenvalue weighted by atomic mass is 16.3. The van der Waals surface area contributed by atoms with Gasteiger partial charge >= 0.3 is 0 Å². The third kappa shape index (κ3) is 4.78. The number of carbonyl (C=O) groups is 2. The summed E-state index contributed by atoms with van der Waals surface area (Å²) in [5.74, 6) is -0.322. The molecule has 1 unspecified atom stereocenters. The van der Waals surface area contributed by atoms with Gasteiger partial charge < -0.3 is 15.7 Å². The Bertz CT molecular complexity index is 336. The fourth-order valence-corrected chi connectivity index (χ4v) is 2.83. The molecule has 3 N–H and O–H groups in total. The van der Waals surface area contributed by atoms with E-state index >= 15 is 0 Å². The molecule has 0 aromatic rings. The van der Waals surface area contributed by atoms with Crippen molar-refractivity contribution in [3.63, 3.8) is 0 Å². The van der Waals surface area contributed by atoms with Crippen LogP contribution in [0.2, 0.25) is 0 Å². The molecule has 0 aromatic heterocycles. The van der Waals surface area contributed by atoms with Gasteiger partial charge in [0.25, 0.3) is 0 Å². The first-order valence-electron chi connectivity index (χ1n) is 7.56. The molecule has 1 fully saturated rings. The predicted octanol–water partition coefficient (Wildman–Crippen LogP) is 1.21. The smallest absolute Gasteiger partial charge is 0.242 e. The zero-order chi connectivity index (χ0) is 15.2. The number of rotatable bonds is 6. The Kier molecular flexibility index (Phi) is 6.46. The molecule has 20 heavy (non-hydrogen) atoms. The summed E-state index contributed by atoms with van der Waals surface area (Å²) in [5, 5.41) is 15.2. The molecule has 0 spiro atoms. The van der Waals surface area contributed by atoms with Crippen molar-refractivity contribution in [1.82, 2.24) is 10.6 Å². The van der Waals surface area contributed by atoms with E-state index < -0.39 is 6.04 Å². The third-order valence-corrected chi connectivity index (χ3v) is 4.20. The Labute approximate surface area is 121 Å². The van der Waals surface area contributed by atoms with Gasteiger partial charge in [-0.05, 0) is 18.8 Å². The quantitative estimate of drug-likeness (QED) is 0.686. The van der Waals surface area contributed by atoms with E-state index in [-0.39, 0.29) is 29.8 Å². The van der Waals surface area contributed by atoms with Gasteiger partial charge in [-0.25, -0.2) is 0 Å². The van der Waals surface area contributed by atoms with Gasteiger partial charge in [-0.3, -0.25) is 9.59 Å². The zero-order valence-corrected chi connectivity index (χ0v) is 12.9. The van der Waals surface area contributed by atoms with E-state index in [1.165, 1.54) is 13.3 Å². The Balaban J connectivity index is 2.56. The van der Waals surface area contributed by atoms with Crippen LogP contribution in [-0.4, -0.2) is 36.1 Å². The Morgan fingerprint density at radius 3 is 2.25 bits per heavy atom. The average molecular weight is 284 g/mol. The van der Waals surface area contributed by atoms with Crippen LogP contribution in [0.25, 0.3) is 0 Å². The molecule has 0 bridgehead atoms. The van der Waals surface area contributed by atoms with Gasteiger partial charge in [0.15, 0.2) is 0 Å². The first-order valence-corrected chi connectivity index (χ1v) is 7.56. The van der Waals surface area contributed by atoms with Crippen LogP contribution in [-0.2, 0) is 9.59 Å². The van der Waals surface area contributed by atoms with Crippen LogP contribution in [0.15, 0.2) is 0 Å². The van der Waals surface area contributed by atoms with Crippen LogP contribution in [0.1, 0.15) is 52.9 Å². The predicted molar refractivity (Wildman–Crippen MR) is 78.1 cm³/mol. The molecule has 1 aliphatic carbocycles. The standard InChI is InChI=1S/C15H28N2O3/c1-11(2)13(17-12(3)19)14(20)16-9-15(10-18)7-5-4-6-8-15/h11,13,18H,4-10H2,1-3H3,(H,16,20)(H,17,19). The first kappa shape index (κ1) is 17.0. The van der Waals surface area contributed by atoms with Crippen molar-refractivity contribution in [2.45, 2.75) is 58.9 Å². The molecule has 116 valence electrons. The topological polar surface area (TPSA) is 78.4 Å². The second-order valence-electron chi connectivity index (χ2n) is 6.36. The minimum Gasteiger partial charge on any atom is -0.396 e. The number of hydrogen-bond donors (Lipinski definition) is 3. The minimum atomic E-state index is -0.508. The third-order valence-electron chi connectivity index (χ3n) is 4.20. The van der Waals surface area contributed by atoms with E-state index in [1.807, 2.05) is 13.8 Å². The summed E-state index contributed by atoms with van der Waals surface area (Å²) in [7, 11) is 0. The van der Waals surface area contributed by atoms with Crippen LogP contribution in [0.5, 0.6) is 0 Å². The van der Waals surface area contributed by atoms with Gasteiger partial charge in [-0.2, -0.15) is 0 Å². The summed E-state index contributed by atoms with van der Waals surface area (Å²) in [6, 6.07) is -0.508. The molecule has 1 aliphatic rings. The lowest BCUT2D eigenvalue weighted by molar-refractivity contribution is -0.129. The van der Waals surface area contributed by atoms with Crippen molar-refractivity contribution in [3.8, 4) is 0 Å². The monoisotopic (exact) mass is 284 g/mol. The van der Waals surface area contributed by atoms with Gasteiger partial charge in [0, 0.05) is 18.9 Å². The first-order chi connectivity index (χ1) is 9.40. The Hall–Kier alpha value is -1.10. The number of nitrogens with one attached hydrogen (secondary N) is 2. The molecule has 0 radical (unpaired) electrons. The summed E-state index contributed by atoms with van der Waals surface area (Å²) in [4.78, 5) is 23.4. The van der Waals surface area contributed by atoms with E-state index in [0.717, 1.165) is 25.7 Å². The Morgan fingerprint density at radius 2 is 1.80 bits per heavy atom. The van der Waals surface area contributed by atoms with Crippen LogP contribution in [0, 0.1) is 11.3 Å². The number of carbonyl (C=O) groups excluding carboxylic acids is 2. The van der Waals surface area contributed by atoms with Crippen LogP contribution in [0.3, 0.4) is 0 Å². The number of hydrogen-bond acceptors (Lipinski definition) is 3. The lowest BCUT2D eigenvalue weighted by atomic mass is 9.74. The van der Waals surface area contributed by atoms with E-state index in [0.29, 0.717) is 6.54 Å². The van der Waals surface area contributed by atoms with Crippen molar-refractivity contribution in [3.05, 3.63) is 0 Å². The second-order valence-corrected chi connectivity index (χ2v) is 6.36. The van der Waals surface area contributed by atoms with Crippen molar-refractivity contribution in [1.29, 1.82) is 0 Å². The molecule has 0 aromatic carbocycles. The van der Waals surface area contributed by atoms with E-state index in [9.17, 15) is 14.7 Å². The van der Waals surface area contributed by atoms with E-state index in [1.54, 1.807) is 0 Å². The van der Waals surface area contributed by atoms with Gasteiger partial charge in [-0.1, -0.05) is 33.1 Å². The number of aliphatic hydroxyl groups excluding tert-OH is 1. The molecule has 2 amide bonds. The van der Waals surface area contributed by atoms with Crippen molar-refractivity contribution < 1.29 is 14.7 Å². The van der Waals surface area contributed by atoms with Crippen molar-refractivity contribution in [2.75, 3.05) is 13.2 Å². The zero-order valence-electron chi connectivity index (χ0n) is 12.9. The molecule has 0 heterocycles. The summed E-state index contributed by atoms with van der Waals surface area (Å²) < 4.78 is 0. The number of aliphatic hydroxyl groups is 1. The fourth-order valence-electron chi connectivity index (χ4n) is 2.83. The molecule has 0 saturated heterocycles. The maximum absolute atomic E-state index is 12.2. The lowest BCUT2D eigenvalue weighted by Gasteiger charge is -2.36. The summed E-state index contributed by atoms with van der Waals surface area (Å²) in [6.07, 6.45) is 5.33. The van der Waals surface area contributed by atoms with Crippen molar-refractivity contribution >= 4 is 11.8 Å². The van der Waals surface area contributed by atoms with E-state index in [2.05, 4.69) is 10.6 Å². The molecule has 1 rings (SSSR count). The van der Waals surface area contributed by atoms with Gasteiger partial charge in [0.05, 0.1) is 6.61 Å². The summed E-state index contributed by atoms with van der Waals surface area (Å²) in [5.41, 5.74) is -0.175. The highest BCUT2D eigenvalue weighted by Gasteiger charge is 2.33. The van der Waals surface area contributed by atoms with E-state index in [4.69, 9.17) is 0 Å². The van der Waals surface area contributed by atoms with Gasteiger partial charge in [-0.15, -0.1) is 0 Å². The molecular weight excluding hydrogens is 256 g/mol. The highest BCUT2D eigenvalue weighted by molar-refractivity contribution is 5.87. The largest absolute Gasteiger partial charge is 0.396 e. The normalized spacial score (nSPS) is 19.4. The molecule has 0 aliphatic heterocycles. The molecule has 5 heteroatoms. The Morgan fingerprint density at radius 1 is 1.20 bits per heavy atom. The maximum atomic E-state index is 12.2. The number of amides is 2. The summed E-state index contributed by atoms with van der Waals surface area (Å²) >= 11 is 0. The van der Waals surface area contributed by atoms with Gasteiger partial charge in [0.1, 0.15) is 6.04 Å².